The third-order valence-electron chi connectivity index (χ3n) is 5.42. The molecule has 1 fully saturated rings. The van der Waals surface area contributed by atoms with Crippen molar-refractivity contribution < 1.29 is 14.6 Å². The average molecular weight is 406 g/mol. The number of aliphatic hydroxyl groups excluding tert-OH is 1. The molecule has 0 spiro atoms. The molecular weight excluding hydrogens is 380 g/mol. The van der Waals surface area contributed by atoms with E-state index in [-0.39, 0.29) is 6.61 Å². The molecule has 1 saturated heterocycles. The van der Waals surface area contributed by atoms with Crippen LogP contribution in [-0.4, -0.2) is 55.5 Å². The van der Waals surface area contributed by atoms with E-state index in [1.807, 2.05) is 36.4 Å². The van der Waals surface area contributed by atoms with Gasteiger partial charge in [-0.05, 0) is 17.7 Å². The zero-order valence-corrected chi connectivity index (χ0v) is 17.3. The molecule has 2 heterocycles. The van der Waals surface area contributed by atoms with Crippen LogP contribution in [0.2, 0.25) is 0 Å². The molecule has 0 bridgehead atoms. The molecule has 156 valence electrons. The minimum atomic E-state index is -0.0217. The molecule has 1 aromatic heterocycles. The van der Waals surface area contributed by atoms with Crippen LogP contribution in [0.15, 0.2) is 54.9 Å². The molecule has 3 aromatic rings. The van der Waals surface area contributed by atoms with E-state index < -0.39 is 0 Å². The molecule has 0 amide bonds. The normalized spacial score (nSPS) is 14.0. The fourth-order valence-electron chi connectivity index (χ4n) is 3.76. The summed E-state index contributed by atoms with van der Waals surface area (Å²) in [5.74, 6) is 2.32. The van der Waals surface area contributed by atoms with Gasteiger partial charge in [0.1, 0.15) is 5.82 Å². The van der Waals surface area contributed by atoms with Crippen molar-refractivity contribution in [1.82, 2.24) is 9.97 Å². The molecule has 7 nitrogen and oxygen atoms in total. The van der Waals surface area contributed by atoms with Crippen LogP contribution < -0.4 is 19.3 Å². The van der Waals surface area contributed by atoms with Crippen molar-refractivity contribution in [3.8, 4) is 22.8 Å². The number of rotatable bonds is 6. The Morgan fingerprint density at radius 3 is 2.37 bits per heavy atom. The van der Waals surface area contributed by atoms with Gasteiger partial charge in [-0.2, -0.15) is 0 Å². The van der Waals surface area contributed by atoms with E-state index in [0.29, 0.717) is 0 Å². The van der Waals surface area contributed by atoms with E-state index in [4.69, 9.17) is 14.5 Å². The Morgan fingerprint density at radius 1 is 0.900 bits per heavy atom. The fourth-order valence-corrected chi connectivity index (χ4v) is 3.76. The third-order valence-corrected chi connectivity index (χ3v) is 5.42. The van der Waals surface area contributed by atoms with Gasteiger partial charge in [0.05, 0.1) is 38.9 Å². The van der Waals surface area contributed by atoms with Crippen molar-refractivity contribution in [3.05, 3.63) is 60.4 Å². The lowest BCUT2D eigenvalue weighted by molar-refractivity contribution is 0.282. The lowest BCUT2D eigenvalue weighted by atomic mass is 10.1. The van der Waals surface area contributed by atoms with Crippen LogP contribution in [0, 0.1) is 0 Å². The van der Waals surface area contributed by atoms with Gasteiger partial charge in [0.15, 0.2) is 11.5 Å². The van der Waals surface area contributed by atoms with Gasteiger partial charge in [-0.3, -0.25) is 4.98 Å². The van der Waals surface area contributed by atoms with Gasteiger partial charge in [-0.25, -0.2) is 4.98 Å². The van der Waals surface area contributed by atoms with Gasteiger partial charge < -0.3 is 24.4 Å². The van der Waals surface area contributed by atoms with Crippen LogP contribution >= 0.6 is 0 Å². The van der Waals surface area contributed by atoms with E-state index in [0.717, 1.165) is 66.0 Å². The second-order valence-corrected chi connectivity index (χ2v) is 7.09. The number of benzene rings is 2. The van der Waals surface area contributed by atoms with Crippen molar-refractivity contribution in [1.29, 1.82) is 0 Å². The van der Waals surface area contributed by atoms with Gasteiger partial charge in [0.2, 0.25) is 0 Å². The number of methoxy groups -OCH3 is 2. The highest BCUT2D eigenvalue weighted by atomic mass is 16.5. The first-order valence-corrected chi connectivity index (χ1v) is 9.96. The summed E-state index contributed by atoms with van der Waals surface area (Å²) in [6, 6.07) is 13.8. The molecule has 4 rings (SSSR count). The first-order valence-electron chi connectivity index (χ1n) is 9.96. The van der Waals surface area contributed by atoms with Crippen LogP contribution in [0.4, 0.5) is 11.5 Å². The molecule has 1 N–H and O–H groups in total. The molecular formula is C23H26N4O3. The summed E-state index contributed by atoms with van der Waals surface area (Å²) >= 11 is 0. The van der Waals surface area contributed by atoms with Gasteiger partial charge in [-0.1, -0.05) is 24.3 Å². The number of piperazine rings is 1. The number of hydrogen-bond donors (Lipinski definition) is 1. The monoisotopic (exact) mass is 406 g/mol. The van der Waals surface area contributed by atoms with Crippen LogP contribution in [0.5, 0.6) is 11.5 Å². The summed E-state index contributed by atoms with van der Waals surface area (Å²) in [6.45, 7) is 3.40. The lowest BCUT2D eigenvalue weighted by Gasteiger charge is -2.36. The van der Waals surface area contributed by atoms with E-state index in [1.54, 1.807) is 26.6 Å². The summed E-state index contributed by atoms with van der Waals surface area (Å²) in [4.78, 5) is 13.8. The van der Waals surface area contributed by atoms with Crippen molar-refractivity contribution in [2.45, 2.75) is 6.61 Å². The van der Waals surface area contributed by atoms with Crippen molar-refractivity contribution in [3.63, 3.8) is 0 Å². The molecule has 0 aliphatic carbocycles. The molecule has 2 aromatic carbocycles. The minimum Gasteiger partial charge on any atom is -0.493 e. The van der Waals surface area contributed by atoms with Crippen molar-refractivity contribution >= 4 is 11.5 Å². The Hall–Kier alpha value is -3.32. The molecule has 1 aliphatic rings. The Kier molecular flexibility index (Phi) is 5.99. The van der Waals surface area contributed by atoms with Crippen LogP contribution in [0.3, 0.4) is 0 Å². The van der Waals surface area contributed by atoms with Gasteiger partial charge in [-0.15, -0.1) is 0 Å². The second kappa shape index (κ2) is 9.00. The van der Waals surface area contributed by atoms with Crippen LogP contribution in [0.25, 0.3) is 11.3 Å². The number of aliphatic hydroxyl groups is 1. The maximum Gasteiger partial charge on any atom is 0.162 e. The van der Waals surface area contributed by atoms with E-state index in [1.165, 1.54) is 0 Å². The zero-order valence-electron chi connectivity index (χ0n) is 17.3. The maximum absolute atomic E-state index is 9.62. The first kappa shape index (κ1) is 20.0. The SMILES string of the molecule is COc1ccc(N2CCN(c3cncc(-c4ccccc4CO)n3)CC2)cc1OC. The number of hydrogen-bond acceptors (Lipinski definition) is 7. The minimum absolute atomic E-state index is 0.0217. The number of ether oxygens (including phenoxy) is 2. The average Bonchev–Trinajstić information content (AvgIpc) is 2.83. The fraction of sp³-hybridized carbons (Fsp3) is 0.304. The molecule has 30 heavy (non-hydrogen) atoms. The number of aromatic nitrogens is 2. The second-order valence-electron chi connectivity index (χ2n) is 7.09. The molecule has 0 radical (unpaired) electrons. The first-order chi connectivity index (χ1) is 14.7. The lowest BCUT2D eigenvalue weighted by Crippen LogP contribution is -2.46. The Balaban J connectivity index is 1.48. The standard InChI is InChI=1S/C23H26N4O3/c1-29-21-8-7-18(13-22(21)30-2)26-9-11-27(12-10-26)23-15-24-14-20(25-23)19-6-4-3-5-17(19)16-28/h3-8,13-15,28H,9-12,16H2,1-2H3. The van der Waals surface area contributed by atoms with Gasteiger partial charge in [0, 0.05) is 43.5 Å². The molecule has 0 atom stereocenters. The van der Waals surface area contributed by atoms with Crippen molar-refractivity contribution in [2.75, 3.05) is 50.2 Å². The number of nitrogens with zero attached hydrogens (tertiary/aromatic N) is 4. The topological polar surface area (TPSA) is 71.0 Å². The quantitative estimate of drug-likeness (QED) is 0.675. The van der Waals surface area contributed by atoms with E-state index in [2.05, 4.69) is 20.9 Å². The highest BCUT2D eigenvalue weighted by molar-refractivity contribution is 5.64. The van der Waals surface area contributed by atoms with Gasteiger partial charge >= 0.3 is 0 Å². The van der Waals surface area contributed by atoms with Gasteiger partial charge in [0.25, 0.3) is 0 Å². The van der Waals surface area contributed by atoms with Crippen LogP contribution in [-0.2, 0) is 6.61 Å². The van der Waals surface area contributed by atoms with E-state index in [9.17, 15) is 5.11 Å². The number of anilines is 2. The Labute approximate surface area is 176 Å². The van der Waals surface area contributed by atoms with E-state index >= 15 is 0 Å². The summed E-state index contributed by atoms with van der Waals surface area (Å²) < 4.78 is 10.8. The van der Waals surface area contributed by atoms with Crippen LogP contribution in [0.1, 0.15) is 5.56 Å². The molecule has 0 saturated carbocycles. The van der Waals surface area contributed by atoms with Crippen molar-refractivity contribution in [2.24, 2.45) is 0 Å². The molecule has 1 aliphatic heterocycles. The molecule has 7 heteroatoms. The summed E-state index contributed by atoms with van der Waals surface area (Å²) in [5.41, 5.74) is 3.66. The summed E-state index contributed by atoms with van der Waals surface area (Å²) in [6.07, 6.45) is 3.55. The highest BCUT2D eigenvalue weighted by Crippen LogP contribution is 2.32. The summed E-state index contributed by atoms with van der Waals surface area (Å²) in [7, 11) is 3.30. The zero-order chi connectivity index (χ0) is 20.9. The largest absolute Gasteiger partial charge is 0.493 e. The molecule has 0 unspecified atom stereocenters. The Morgan fingerprint density at radius 2 is 1.63 bits per heavy atom. The smallest absolute Gasteiger partial charge is 0.162 e. The third kappa shape index (κ3) is 4.02. The Bertz CT molecular complexity index is 1000. The predicted molar refractivity (Wildman–Crippen MR) is 117 cm³/mol. The predicted octanol–water partition coefficient (Wildman–Crippen LogP) is 2.98. The summed E-state index contributed by atoms with van der Waals surface area (Å²) in [5, 5.41) is 9.62. The highest BCUT2D eigenvalue weighted by Gasteiger charge is 2.20. The maximum atomic E-state index is 9.62.